The summed E-state index contributed by atoms with van der Waals surface area (Å²) in [5.41, 5.74) is 0. The van der Waals surface area contributed by atoms with Crippen LogP contribution in [0.1, 0.15) is 13.3 Å². The van der Waals surface area contributed by atoms with Crippen LogP contribution in [-0.2, 0) is 10.0 Å². The highest BCUT2D eigenvalue weighted by atomic mass is 35.5. The van der Waals surface area contributed by atoms with Gasteiger partial charge in [0.1, 0.15) is 5.75 Å². The number of benzene rings is 1. The van der Waals surface area contributed by atoms with Gasteiger partial charge in [0.05, 0.1) is 11.5 Å². The summed E-state index contributed by atoms with van der Waals surface area (Å²) in [6.07, 6.45) is 0.923. The number of hydrogen-bond donors (Lipinski definition) is 1. The van der Waals surface area contributed by atoms with E-state index in [-0.39, 0.29) is 17.3 Å². The van der Waals surface area contributed by atoms with Gasteiger partial charge < -0.3 is 10.1 Å². The number of rotatable bonds is 8. The second-order valence-electron chi connectivity index (χ2n) is 4.25. The molecule has 1 rings (SSSR count). The molecular weight excluding hydrogens is 300 g/mol. The van der Waals surface area contributed by atoms with Crippen LogP contribution in [0.2, 0.25) is 0 Å². The van der Waals surface area contributed by atoms with Crippen molar-refractivity contribution in [2.45, 2.75) is 18.2 Å². The van der Waals surface area contributed by atoms with Crippen molar-refractivity contribution in [3.63, 3.8) is 0 Å². The molecule has 0 spiro atoms. The van der Waals surface area contributed by atoms with Crippen molar-refractivity contribution >= 4 is 22.4 Å². The minimum atomic E-state index is -3.41. The minimum Gasteiger partial charge on any atom is -0.494 e. The van der Waals surface area contributed by atoms with E-state index in [0.717, 1.165) is 6.42 Å². The zero-order valence-electron chi connectivity index (χ0n) is 12.1. The zero-order chi connectivity index (χ0) is 14.3. The number of nitrogens with zero attached hydrogens (tertiary/aromatic N) is 1. The van der Waals surface area contributed by atoms with E-state index in [0.29, 0.717) is 25.4 Å². The summed E-state index contributed by atoms with van der Waals surface area (Å²) in [5, 5.41) is 2.93. The van der Waals surface area contributed by atoms with E-state index < -0.39 is 10.0 Å². The van der Waals surface area contributed by atoms with E-state index in [1.807, 2.05) is 6.92 Å². The Morgan fingerprint density at radius 2 is 1.85 bits per heavy atom. The van der Waals surface area contributed by atoms with E-state index >= 15 is 0 Å². The third-order valence-corrected chi connectivity index (χ3v) is 4.55. The maximum absolute atomic E-state index is 12.2. The molecule has 1 aromatic rings. The molecule has 0 heterocycles. The molecule has 116 valence electrons. The number of nitrogens with one attached hydrogen (secondary N) is 1. The molecule has 0 bridgehead atoms. The van der Waals surface area contributed by atoms with Gasteiger partial charge in [0, 0.05) is 20.1 Å². The molecule has 0 atom stereocenters. The van der Waals surface area contributed by atoms with Gasteiger partial charge in [0.2, 0.25) is 10.0 Å². The fraction of sp³-hybridized carbons (Fsp3) is 0.538. The Bertz CT molecular complexity index is 477. The number of likely N-dealkylation sites (N-methyl/N-ethyl adjacent to an activating group) is 2. The number of halogens is 1. The fourth-order valence-corrected chi connectivity index (χ4v) is 2.67. The molecule has 0 aliphatic carbocycles. The van der Waals surface area contributed by atoms with Gasteiger partial charge in [-0.3, -0.25) is 0 Å². The van der Waals surface area contributed by atoms with Gasteiger partial charge in [-0.1, -0.05) is 6.92 Å². The highest BCUT2D eigenvalue weighted by Crippen LogP contribution is 2.18. The Hall–Kier alpha value is -0.820. The molecule has 5 nitrogen and oxygen atoms in total. The minimum absolute atomic E-state index is 0. The standard InChI is InChI=1S/C13H22N2O3S.ClH/c1-4-11-18-12-5-7-13(8-6-12)19(16,17)15(3)10-9-14-2;/h5-8,14H,4,9-11H2,1-3H3;1H. The second kappa shape index (κ2) is 9.18. The van der Waals surface area contributed by atoms with Crippen molar-refractivity contribution < 1.29 is 13.2 Å². The largest absolute Gasteiger partial charge is 0.494 e. The van der Waals surface area contributed by atoms with Crippen LogP contribution in [0.15, 0.2) is 29.2 Å². The number of ether oxygens (including phenoxy) is 1. The second-order valence-corrected chi connectivity index (χ2v) is 6.29. The van der Waals surface area contributed by atoms with Gasteiger partial charge in [-0.2, -0.15) is 4.31 Å². The lowest BCUT2D eigenvalue weighted by atomic mass is 10.3. The molecule has 7 heteroatoms. The summed E-state index contributed by atoms with van der Waals surface area (Å²) in [5.74, 6) is 0.693. The Kier molecular flexibility index (Phi) is 8.80. The average molecular weight is 323 g/mol. The summed E-state index contributed by atoms with van der Waals surface area (Å²) >= 11 is 0. The van der Waals surface area contributed by atoms with Crippen molar-refractivity contribution in [3.05, 3.63) is 24.3 Å². The van der Waals surface area contributed by atoms with Crippen LogP contribution >= 0.6 is 12.4 Å². The van der Waals surface area contributed by atoms with Crippen LogP contribution in [0.4, 0.5) is 0 Å². The highest BCUT2D eigenvalue weighted by Gasteiger charge is 2.19. The smallest absolute Gasteiger partial charge is 0.242 e. The SMILES string of the molecule is CCCOc1ccc(S(=O)(=O)N(C)CCNC)cc1.Cl. The Morgan fingerprint density at radius 1 is 1.25 bits per heavy atom. The van der Waals surface area contributed by atoms with Gasteiger partial charge in [-0.05, 0) is 37.7 Å². The summed E-state index contributed by atoms with van der Waals surface area (Å²) in [6.45, 7) is 3.71. The molecule has 0 fully saturated rings. The molecule has 0 saturated carbocycles. The van der Waals surface area contributed by atoms with Crippen LogP contribution in [0.5, 0.6) is 5.75 Å². The van der Waals surface area contributed by atoms with Crippen molar-refractivity contribution in [1.82, 2.24) is 9.62 Å². The van der Waals surface area contributed by atoms with E-state index in [4.69, 9.17) is 4.74 Å². The molecule has 0 aromatic heterocycles. The van der Waals surface area contributed by atoms with Gasteiger partial charge in [-0.25, -0.2) is 8.42 Å². The monoisotopic (exact) mass is 322 g/mol. The third-order valence-electron chi connectivity index (χ3n) is 2.68. The summed E-state index contributed by atoms with van der Waals surface area (Å²) in [4.78, 5) is 0.287. The first-order valence-electron chi connectivity index (χ1n) is 6.36. The third kappa shape index (κ3) is 5.28. The first-order chi connectivity index (χ1) is 9.02. The Morgan fingerprint density at radius 3 is 2.35 bits per heavy atom. The highest BCUT2D eigenvalue weighted by molar-refractivity contribution is 7.89. The summed E-state index contributed by atoms with van der Waals surface area (Å²) in [6, 6.07) is 6.54. The van der Waals surface area contributed by atoms with Crippen molar-refractivity contribution in [2.75, 3.05) is 33.8 Å². The molecule has 0 aliphatic heterocycles. The van der Waals surface area contributed by atoms with Gasteiger partial charge in [0.15, 0.2) is 0 Å². The van der Waals surface area contributed by atoms with Crippen LogP contribution in [-0.4, -0.2) is 46.5 Å². The Balaban J connectivity index is 0.00000361. The number of sulfonamides is 1. The molecule has 0 radical (unpaired) electrons. The van der Waals surface area contributed by atoms with Crippen LogP contribution in [0, 0.1) is 0 Å². The van der Waals surface area contributed by atoms with Crippen molar-refractivity contribution in [3.8, 4) is 5.75 Å². The number of hydrogen-bond acceptors (Lipinski definition) is 4. The van der Waals surface area contributed by atoms with Crippen molar-refractivity contribution in [1.29, 1.82) is 0 Å². The predicted molar refractivity (Wildman–Crippen MR) is 83.2 cm³/mol. The van der Waals surface area contributed by atoms with Crippen LogP contribution in [0.25, 0.3) is 0 Å². The fourth-order valence-electron chi connectivity index (χ4n) is 1.50. The predicted octanol–water partition coefficient (Wildman–Crippen LogP) is 1.74. The van der Waals surface area contributed by atoms with Gasteiger partial charge in [0.25, 0.3) is 0 Å². The quantitative estimate of drug-likeness (QED) is 0.792. The molecule has 1 aromatic carbocycles. The molecule has 0 unspecified atom stereocenters. The molecular formula is C13H23ClN2O3S. The summed E-state index contributed by atoms with van der Waals surface area (Å²) in [7, 11) is -0.0412. The summed E-state index contributed by atoms with van der Waals surface area (Å²) < 4.78 is 31.2. The molecule has 0 aliphatic rings. The van der Waals surface area contributed by atoms with Gasteiger partial charge >= 0.3 is 0 Å². The van der Waals surface area contributed by atoms with Gasteiger partial charge in [-0.15, -0.1) is 12.4 Å². The molecule has 20 heavy (non-hydrogen) atoms. The lowest BCUT2D eigenvalue weighted by molar-refractivity contribution is 0.317. The zero-order valence-corrected chi connectivity index (χ0v) is 13.8. The topological polar surface area (TPSA) is 58.6 Å². The van der Waals surface area contributed by atoms with Crippen LogP contribution < -0.4 is 10.1 Å². The average Bonchev–Trinajstić information content (AvgIpc) is 2.42. The van der Waals surface area contributed by atoms with E-state index in [1.54, 1.807) is 38.4 Å². The molecule has 0 saturated heterocycles. The molecule has 1 N–H and O–H groups in total. The maximum atomic E-state index is 12.2. The maximum Gasteiger partial charge on any atom is 0.242 e. The lowest BCUT2D eigenvalue weighted by Gasteiger charge is -2.17. The van der Waals surface area contributed by atoms with E-state index in [9.17, 15) is 8.42 Å². The van der Waals surface area contributed by atoms with Crippen LogP contribution in [0.3, 0.4) is 0 Å². The Labute approximate surface area is 127 Å². The first-order valence-corrected chi connectivity index (χ1v) is 7.80. The van der Waals surface area contributed by atoms with E-state index in [2.05, 4.69) is 5.32 Å². The first kappa shape index (κ1) is 19.2. The molecule has 0 amide bonds. The lowest BCUT2D eigenvalue weighted by Crippen LogP contribution is -2.32. The normalized spacial score (nSPS) is 11.2. The van der Waals surface area contributed by atoms with Crippen molar-refractivity contribution in [2.24, 2.45) is 0 Å². The van der Waals surface area contributed by atoms with E-state index in [1.165, 1.54) is 4.31 Å².